The molecule has 102 valence electrons. The predicted octanol–water partition coefficient (Wildman–Crippen LogP) is 1.63. The summed E-state index contributed by atoms with van der Waals surface area (Å²) in [5, 5.41) is 9.28. The Hall–Kier alpha value is -1.36. The number of quaternary nitrogens is 1. The van der Waals surface area contributed by atoms with Crippen LogP contribution in [0.3, 0.4) is 0 Å². The zero-order valence-electron chi connectivity index (χ0n) is 11.9. The Bertz CT molecular complexity index is 407. The smallest absolute Gasteiger partial charge is 0.362 e. The Balaban J connectivity index is 2.83. The van der Waals surface area contributed by atoms with E-state index in [0.717, 1.165) is 17.9 Å². The van der Waals surface area contributed by atoms with Crippen LogP contribution in [-0.4, -0.2) is 52.7 Å². The third-order valence-corrected chi connectivity index (χ3v) is 3.36. The summed E-state index contributed by atoms with van der Waals surface area (Å²) in [6.07, 6.45) is 3.25. The molecule has 0 fully saturated rings. The first-order valence-electron chi connectivity index (χ1n) is 6.33. The van der Waals surface area contributed by atoms with Crippen molar-refractivity contribution in [1.82, 2.24) is 9.97 Å². The molecule has 0 spiro atoms. The van der Waals surface area contributed by atoms with Gasteiger partial charge in [-0.25, -0.2) is 9.78 Å². The fourth-order valence-corrected chi connectivity index (χ4v) is 1.82. The van der Waals surface area contributed by atoms with E-state index in [0.29, 0.717) is 16.8 Å². The molecule has 0 amide bonds. The summed E-state index contributed by atoms with van der Waals surface area (Å²) >= 11 is 0. The van der Waals surface area contributed by atoms with Crippen LogP contribution in [-0.2, 0) is 11.2 Å². The standard InChI is InChI=1S/C13H23N3O2/c1-6-9(2)12-14-8-10(15-12)7-11(13(17)18)16(3,4)5/h8-9,11H,6-7H2,1-5H3,(H-,14,15,17,18)/p+1/t9?,11-/m0/s1. The monoisotopic (exact) mass is 254 g/mol. The Morgan fingerprint density at radius 2 is 2.11 bits per heavy atom. The minimum atomic E-state index is -0.776. The fraction of sp³-hybridized carbons (Fsp3) is 0.692. The summed E-state index contributed by atoms with van der Waals surface area (Å²) in [4.78, 5) is 18.9. The van der Waals surface area contributed by atoms with Crippen molar-refractivity contribution in [2.45, 2.75) is 38.6 Å². The van der Waals surface area contributed by atoms with Crippen LogP contribution in [0.5, 0.6) is 0 Å². The summed E-state index contributed by atoms with van der Waals surface area (Å²) in [7, 11) is 5.68. The maximum absolute atomic E-state index is 11.3. The van der Waals surface area contributed by atoms with Crippen LogP contribution in [0.25, 0.3) is 0 Å². The number of hydrogen-bond acceptors (Lipinski definition) is 2. The highest BCUT2D eigenvalue weighted by atomic mass is 16.4. The number of aliphatic carboxylic acids is 1. The second kappa shape index (κ2) is 5.52. The number of carboxylic acid groups (broad SMARTS) is 1. The molecule has 0 bridgehead atoms. The van der Waals surface area contributed by atoms with Crippen LogP contribution in [0.2, 0.25) is 0 Å². The van der Waals surface area contributed by atoms with Gasteiger partial charge in [-0.2, -0.15) is 0 Å². The van der Waals surface area contributed by atoms with Crippen LogP contribution in [0.4, 0.5) is 0 Å². The van der Waals surface area contributed by atoms with E-state index in [-0.39, 0.29) is 0 Å². The van der Waals surface area contributed by atoms with Gasteiger partial charge in [-0.3, -0.25) is 0 Å². The Morgan fingerprint density at radius 3 is 2.56 bits per heavy atom. The average Bonchev–Trinajstić information content (AvgIpc) is 2.71. The summed E-state index contributed by atoms with van der Waals surface area (Å²) in [5.41, 5.74) is 0.894. The largest absolute Gasteiger partial charge is 0.477 e. The number of rotatable bonds is 6. The molecule has 0 aliphatic rings. The third-order valence-electron chi connectivity index (χ3n) is 3.36. The normalized spacial score (nSPS) is 15.4. The van der Waals surface area contributed by atoms with Gasteiger partial charge in [0, 0.05) is 17.8 Å². The topological polar surface area (TPSA) is 66.0 Å². The van der Waals surface area contributed by atoms with Gasteiger partial charge in [0.15, 0.2) is 6.04 Å². The number of imidazole rings is 1. The molecular formula is C13H24N3O2+. The first-order valence-corrected chi connectivity index (χ1v) is 6.33. The van der Waals surface area contributed by atoms with E-state index in [9.17, 15) is 9.90 Å². The SMILES string of the molecule is CCC(C)c1ncc(C[C@@H](C(=O)O)[N+](C)(C)C)[nH]1. The molecular weight excluding hydrogens is 230 g/mol. The minimum Gasteiger partial charge on any atom is -0.477 e. The maximum Gasteiger partial charge on any atom is 0.362 e. The lowest BCUT2D eigenvalue weighted by Crippen LogP contribution is -2.51. The van der Waals surface area contributed by atoms with E-state index in [4.69, 9.17) is 0 Å². The highest BCUT2D eigenvalue weighted by Crippen LogP contribution is 2.17. The number of nitrogens with zero attached hydrogens (tertiary/aromatic N) is 2. The lowest BCUT2D eigenvalue weighted by Gasteiger charge is -2.30. The van der Waals surface area contributed by atoms with Crippen molar-refractivity contribution in [2.75, 3.05) is 21.1 Å². The zero-order chi connectivity index (χ0) is 13.9. The molecule has 0 radical (unpaired) electrons. The van der Waals surface area contributed by atoms with Crippen LogP contribution in [0, 0.1) is 0 Å². The summed E-state index contributed by atoms with van der Waals surface area (Å²) < 4.78 is 0.396. The van der Waals surface area contributed by atoms with Gasteiger partial charge in [0.25, 0.3) is 0 Å². The molecule has 0 aliphatic carbocycles. The number of likely N-dealkylation sites (N-methyl/N-ethyl adjacent to an activating group) is 1. The molecule has 5 nitrogen and oxygen atoms in total. The number of carbonyl (C=O) groups is 1. The van der Waals surface area contributed by atoms with E-state index in [2.05, 4.69) is 23.8 Å². The zero-order valence-corrected chi connectivity index (χ0v) is 11.9. The number of hydrogen-bond donors (Lipinski definition) is 2. The van der Waals surface area contributed by atoms with Crippen LogP contribution in [0.15, 0.2) is 6.20 Å². The Labute approximate surface area is 108 Å². The molecule has 1 aromatic heterocycles. The van der Waals surface area contributed by atoms with E-state index >= 15 is 0 Å². The first-order chi connectivity index (χ1) is 8.25. The van der Waals surface area contributed by atoms with E-state index < -0.39 is 12.0 Å². The molecule has 1 rings (SSSR count). The predicted molar refractivity (Wildman–Crippen MR) is 70.5 cm³/mol. The molecule has 2 N–H and O–H groups in total. The molecule has 0 saturated heterocycles. The highest BCUT2D eigenvalue weighted by molar-refractivity contribution is 5.72. The molecule has 0 aliphatic heterocycles. The maximum atomic E-state index is 11.3. The molecule has 2 atom stereocenters. The second-order valence-electron chi connectivity index (χ2n) is 5.78. The van der Waals surface area contributed by atoms with Crippen molar-refractivity contribution in [3.05, 3.63) is 17.7 Å². The molecule has 5 heteroatoms. The van der Waals surface area contributed by atoms with Gasteiger partial charge in [0.05, 0.1) is 27.6 Å². The Kier molecular flexibility index (Phi) is 4.51. The van der Waals surface area contributed by atoms with Crippen molar-refractivity contribution >= 4 is 5.97 Å². The lowest BCUT2D eigenvalue weighted by atomic mass is 10.1. The van der Waals surface area contributed by atoms with Crippen molar-refractivity contribution in [1.29, 1.82) is 0 Å². The summed E-state index contributed by atoms with van der Waals surface area (Å²) in [6.45, 7) is 4.22. The van der Waals surface area contributed by atoms with Crippen molar-refractivity contribution in [3.8, 4) is 0 Å². The fourth-order valence-electron chi connectivity index (χ4n) is 1.82. The van der Waals surface area contributed by atoms with Crippen molar-refractivity contribution < 1.29 is 14.4 Å². The van der Waals surface area contributed by atoms with E-state index in [1.807, 2.05) is 21.1 Å². The van der Waals surface area contributed by atoms with Gasteiger partial charge in [0.2, 0.25) is 0 Å². The number of carboxylic acids is 1. The summed E-state index contributed by atoms with van der Waals surface area (Å²) in [5.74, 6) is 0.548. The highest BCUT2D eigenvalue weighted by Gasteiger charge is 2.32. The lowest BCUT2D eigenvalue weighted by molar-refractivity contribution is -0.887. The van der Waals surface area contributed by atoms with E-state index in [1.54, 1.807) is 6.20 Å². The second-order valence-corrected chi connectivity index (χ2v) is 5.78. The third kappa shape index (κ3) is 3.57. The number of aromatic nitrogens is 2. The van der Waals surface area contributed by atoms with Crippen molar-refractivity contribution in [3.63, 3.8) is 0 Å². The van der Waals surface area contributed by atoms with Gasteiger partial charge < -0.3 is 14.6 Å². The quantitative estimate of drug-likeness (QED) is 0.758. The molecule has 1 heterocycles. The van der Waals surface area contributed by atoms with Crippen LogP contribution < -0.4 is 0 Å². The Morgan fingerprint density at radius 1 is 1.50 bits per heavy atom. The van der Waals surface area contributed by atoms with Crippen molar-refractivity contribution in [2.24, 2.45) is 0 Å². The van der Waals surface area contributed by atoms with Gasteiger partial charge in [0.1, 0.15) is 5.82 Å². The molecule has 1 unspecified atom stereocenters. The van der Waals surface area contributed by atoms with Gasteiger partial charge in [-0.1, -0.05) is 13.8 Å². The summed E-state index contributed by atoms with van der Waals surface area (Å²) in [6, 6.07) is -0.463. The average molecular weight is 254 g/mol. The molecule has 1 aromatic rings. The van der Waals surface area contributed by atoms with Crippen LogP contribution >= 0.6 is 0 Å². The van der Waals surface area contributed by atoms with Gasteiger partial charge in [-0.15, -0.1) is 0 Å². The molecule has 0 aromatic carbocycles. The number of aromatic amines is 1. The van der Waals surface area contributed by atoms with Crippen LogP contribution in [0.1, 0.15) is 37.7 Å². The minimum absolute atomic E-state index is 0.381. The van der Waals surface area contributed by atoms with E-state index in [1.165, 1.54) is 0 Å². The first kappa shape index (κ1) is 14.7. The van der Waals surface area contributed by atoms with Gasteiger partial charge in [-0.05, 0) is 6.42 Å². The van der Waals surface area contributed by atoms with Gasteiger partial charge >= 0.3 is 5.97 Å². The molecule has 18 heavy (non-hydrogen) atoms. The number of nitrogens with one attached hydrogen (secondary N) is 1. The number of H-pyrrole nitrogens is 1. The molecule has 0 saturated carbocycles.